The Kier molecular flexibility index (Phi) is 4.87. The van der Waals surface area contributed by atoms with E-state index in [1.54, 1.807) is 41.3 Å². The second-order valence-electron chi connectivity index (χ2n) is 7.00. The summed E-state index contributed by atoms with van der Waals surface area (Å²) in [4.78, 5) is 27.1. The number of amides is 1. The Labute approximate surface area is 161 Å². The van der Waals surface area contributed by atoms with E-state index < -0.39 is 6.10 Å². The summed E-state index contributed by atoms with van der Waals surface area (Å²) in [6, 6.07) is 11.5. The minimum Gasteiger partial charge on any atom is -0.480 e. The van der Waals surface area contributed by atoms with Gasteiger partial charge in [0.1, 0.15) is 11.6 Å². The normalized spacial score (nSPS) is 19.5. The van der Waals surface area contributed by atoms with E-state index in [0.29, 0.717) is 47.8 Å². The lowest BCUT2D eigenvalue weighted by molar-refractivity contribution is -0.139. The Morgan fingerprint density at radius 3 is 2.44 bits per heavy atom. The number of rotatable bonds is 3. The number of benzene rings is 2. The molecule has 1 saturated heterocycles. The number of carbonyl (C=O) groups excluding carboxylic acids is 2. The average Bonchev–Trinajstić information content (AvgIpc) is 3.13. The standard InChI is InChI=1S/C21H19ClFNO3/c22-15-6-4-13(5-7-15)20(25)14-8-10-24(11-9-14)21(26)19-12-16-17(23)2-1-3-18(16)27-19/h1-7,14,19H,8-12H2. The molecule has 0 radical (unpaired) electrons. The van der Waals surface area contributed by atoms with E-state index in [0.717, 1.165) is 0 Å². The van der Waals surface area contributed by atoms with Crippen LogP contribution >= 0.6 is 11.6 Å². The molecule has 6 heteroatoms. The summed E-state index contributed by atoms with van der Waals surface area (Å²) >= 11 is 5.87. The van der Waals surface area contributed by atoms with E-state index in [1.165, 1.54) is 6.07 Å². The number of carbonyl (C=O) groups is 2. The van der Waals surface area contributed by atoms with Crippen molar-refractivity contribution in [3.63, 3.8) is 0 Å². The fourth-order valence-electron chi connectivity index (χ4n) is 3.78. The summed E-state index contributed by atoms with van der Waals surface area (Å²) in [6.45, 7) is 1.00. The molecule has 4 nitrogen and oxygen atoms in total. The van der Waals surface area contributed by atoms with E-state index in [1.807, 2.05) is 0 Å². The summed E-state index contributed by atoms with van der Waals surface area (Å²) in [7, 11) is 0. The van der Waals surface area contributed by atoms with Gasteiger partial charge in [0.15, 0.2) is 11.9 Å². The van der Waals surface area contributed by atoms with Crippen molar-refractivity contribution in [2.75, 3.05) is 13.1 Å². The quantitative estimate of drug-likeness (QED) is 0.750. The second-order valence-corrected chi connectivity index (χ2v) is 7.43. The van der Waals surface area contributed by atoms with Gasteiger partial charge in [0, 0.05) is 41.6 Å². The molecule has 1 unspecified atom stereocenters. The summed E-state index contributed by atoms with van der Waals surface area (Å²) in [5.74, 6) is -0.0427. The summed E-state index contributed by atoms with van der Waals surface area (Å²) < 4.78 is 19.5. The summed E-state index contributed by atoms with van der Waals surface area (Å²) in [5.41, 5.74) is 1.11. The van der Waals surface area contributed by atoms with Crippen molar-refractivity contribution in [3.05, 3.63) is 64.4 Å². The SMILES string of the molecule is O=C(c1ccc(Cl)cc1)C1CCN(C(=O)C2Cc3c(F)cccc3O2)CC1. The lowest BCUT2D eigenvalue weighted by Gasteiger charge is -2.32. The molecule has 140 valence electrons. The first-order chi connectivity index (χ1) is 13.0. The largest absolute Gasteiger partial charge is 0.480 e. The molecule has 2 aliphatic rings. The molecular weight excluding hydrogens is 369 g/mol. The Hall–Kier alpha value is -2.40. The molecule has 0 saturated carbocycles. The van der Waals surface area contributed by atoms with Crippen LogP contribution in [0.5, 0.6) is 5.75 Å². The highest BCUT2D eigenvalue weighted by atomic mass is 35.5. The first-order valence-electron chi connectivity index (χ1n) is 9.05. The molecule has 2 aromatic carbocycles. The Morgan fingerprint density at radius 2 is 1.78 bits per heavy atom. The number of nitrogens with zero attached hydrogens (tertiary/aromatic N) is 1. The monoisotopic (exact) mass is 387 g/mol. The van der Waals surface area contributed by atoms with Gasteiger partial charge >= 0.3 is 0 Å². The van der Waals surface area contributed by atoms with E-state index in [9.17, 15) is 14.0 Å². The molecule has 2 aromatic rings. The van der Waals surface area contributed by atoms with Gasteiger partial charge in [-0.3, -0.25) is 9.59 Å². The molecule has 2 aliphatic heterocycles. The third-order valence-electron chi connectivity index (χ3n) is 5.32. The van der Waals surface area contributed by atoms with Crippen molar-refractivity contribution in [1.82, 2.24) is 4.90 Å². The van der Waals surface area contributed by atoms with Gasteiger partial charge in [0.25, 0.3) is 5.91 Å². The highest BCUT2D eigenvalue weighted by Crippen LogP contribution is 2.32. The van der Waals surface area contributed by atoms with Gasteiger partial charge in [-0.05, 0) is 49.2 Å². The van der Waals surface area contributed by atoms with E-state index in [-0.39, 0.29) is 29.8 Å². The van der Waals surface area contributed by atoms with Crippen LogP contribution < -0.4 is 4.74 Å². The van der Waals surface area contributed by atoms with Crippen LogP contribution in [0.3, 0.4) is 0 Å². The van der Waals surface area contributed by atoms with Crippen LogP contribution in [0.2, 0.25) is 5.02 Å². The number of likely N-dealkylation sites (tertiary alicyclic amines) is 1. The van der Waals surface area contributed by atoms with Gasteiger partial charge in [-0.15, -0.1) is 0 Å². The summed E-state index contributed by atoms with van der Waals surface area (Å²) in [6.07, 6.45) is 0.799. The van der Waals surface area contributed by atoms with Crippen LogP contribution in [0.1, 0.15) is 28.8 Å². The number of ketones is 1. The average molecular weight is 388 g/mol. The lowest BCUT2D eigenvalue weighted by atomic mass is 9.88. The third-order valence-corrected chi connectivity index (χ3v) is 5.57. The van der Waals surface area contributed by atoms with Gasteiger partial charge in [-0.25, -0.2) is 4.39 Å². The summed E-state index contributed by atoms with van der Waals surface area (Å²) in [5, 5.41) is 0.598. The smallest absolute Gasteiger partial charge is 0.263 e. The van der Waals surface area contributed by atoms with Crippen LogP contribution in [0, 0.1) is 11.7 Å². The second kappa shape index (κ2) is 7.31. The molecule has 1 atom stereocenters. The molecule has 1 amide bonds. The predicted octanol–water partition coefficient (Wildman–Crippen LogP) is 3.90. The molecule has 0 bridgehead atoms. The third kappa shape index (κ3) is 3.56. The van der Waals surface area contributed by atoms with Crippen LogP contribution in [-0.4, -0.2) is 35.8 Å². The van der Waals surface area contributed by atoms with Crippen LogP contribution in [-0.2, 0) is 11.2 Å². The van der Waals surface area contributed by atoms with E-state index in [4.69, 9.17) is 16.3 Å². The highest BCUT2D eigenvalue weighted by Gasteiger charge is 2.36. The number of fused-ring (bicyclic) bond motifs is 1. The van der Waals surface area contributed by atoms with Crippen molar-refractivity contribution >= 4 is 23.3 Å². The fourth-order valence-corrected chi connectivity index (χ4v) is 3.91. The van der Waals surface area contributed by atoms with Crippen molar-refractivity contribution in [1.29, 1.82) is 0 Å². The maximum Gasteiger partial charge on any atom is 0.263 e. The zero-order valence-corrected chi connectivity index (χ0v) is 15.4. The maximum absolute atomic E-state index is 13.8. The number of piperidine rings is 1. The maximum atomic E-state index is 13.8. The zero-order valence-electron chi connectivity index (χ0n) is 14.7. The Balaban J connectivity index is 1.35. The number of ether oxygens (including phenoxy) is 1. The van der Waals surface area contributed by atoms with Gasteiger partial charge in [-0.1, -0.05) is 17.7 Å². The van der Waals surface area contributed by atoms with Gasteiger partial charge in [0.05, 0.1) is 0 Å². The molecule has 4 rings (SSSR count). The molecule has 0 spiro atoms. The number of hydrogen-bond donors (Lipinski definition) is 0. The molecule has 2 heterocycles. The first kappa shape index (κ1) is 18.0. The van der Waals surface area contributed by atoms with Gasteiger partial charge in [-0.2, -0.15) is 0 Å². The number of hydrogen-bond acceptors (Lipinski definition) is 3. The molecule has 27 heavy (non-hydrogen) atoms. The predicted molar refractivity (Wildman–Crippen MR) is 99.6 cm³/mol. The Bertz CT molecular complexity index is 875. The molecule has 1 fully saturated rings. The fraction of sp³-hybridized carbons (Fsp3) is 0.333. The van der Waals surface area contributed by atoms with Crippen molar-refractivity contribution in [2.24, 2.45) is 5.92 Å². The van der Waals surface area contributed by atoms with Crippen LogP contribution in [0.15, 0.2) is 42.5 Å². The highest BCUT2D eigenvalue weighted by molar-refractivity contribution is 6.30. The van der Waals surface area contributed by atoms with Crippen LogP contribution in [0.25, 0.3) is 0 Å². The zero-order chi connectivity index (χ0) is 19.0. The van der Waals surface area contributed by atoms with Crippen molar-refractivity contribution in [2.45, 2.75) is 25.4 Å². The molecule has 0 aliphatic carbocycles. The van der Waals surface area contributed by atoms with Crippen LogP contribution in [0.4, 0.5) is 4.39 Å². The molecular formula is C21H19ClFNO3. The van der Waals surface area contributed by atoms with Gasteiger partial charge < -0.3 is 9.64 Å². The molecule has 0 N–H and O–H groups in total. The first-order valence-corrected chi connectivity index (χ1v) is 9.43. The van der Waals surface area contributed by atoms with Crippen molar-refractivity contribution < 1.29 is 18.7 Å². The number of Topliss-reactive ketones (excluding diaryl/α,β-unsaturated/α-hetero) is 1. The minimum atomic E-state index is -0.680. The number of halogens is 2. The van der Waals surface area contributed by atoms with E-state index in [2.05, 4.69) is 0 Å². The topological polar surface area (TPSA) is 46.6 Å². The molecule has 0 aromatic heterocycles. The van der Waals surface area contributed by atoms with Crippen molar-refractivity contribution in [3.8, 4) is 5.75 Å². The van der Waals surface area contributed by atoms with E-state index >= 15 is 0 Å². The minimum absolute atomic E-state index is 0.0883. The Morgan fingerprint density at radius 1 is 1.07 bits per heavy atom. The lowest BCUT2D eigenvalue weighted by Crippen LogP contribution is -2.46. The van der Waals surface area contributed by atoms with Gasteiger partial charge in [0.2, 0.25) is 0 Å².